The van der Waals surface area contributed by atoms with Crippen molar-refractivity contribution in [3.63, 3.8) is 0 Å². The Morgan fingerprint density at radius 3 is 2.66 bits per heavy atom. The third-order valence-corrected chi connectivity index (χ3v) is 4.75. The number of carbonyl (C=O) groups excluding carboxylic acids is 3. The van der Waals surface area contributed by atoms with Gasteiger partial charge in [0.25, 0.3) is 5.91 Å². The van der Waals surface area contributed by atoms with Crippen molar-refractivity contribution < 1.29 is 27.9 Å². The van der Waals surface area contributed by atoms with Gasteiger partial charge in [-0.2, -0.15) is 0 Å². The lowest BCUT2D eigenvalue weighted by molar-refractivity contribution is -0.143. The number of carbonyl (C=O) groups is 3. The van der Waals surface area contributed by atoms with E-state index in [0.29, 0.717) is 24.6 Å². The van der Waals surface area contributed by atoms with Crippen LogP contribution >= 0.6 is 0 Å². The minimum atomic E-state index is -0.951. The number of halogens is 2. The van der Waals surface area contributed by atoms with Gasteiger partial charge in [-0.3, -0.25) is 14.5 Å². The first-order valence-corrected chi connectivity index (χ1v) is 9.13. The summed E-state index contributed by atoms with van der Waals surface area (Å²) in [5.74, 6) is -3.17. The summed E-state index contributed by atoms with van der Waals surface area (Å²) in [6.07, 6.45) is 0.753. The predicted molar refractivity (Wildman–Crippen MR) is 101 cm³/mol. The number of nitrogens with zero attached hydrogens (tertiary/aromatic N) is 1. The van der Waals surface area contributed by atoms with Gasteiger partial charge < -0.3 is 10.1 Å². The number of hydrogen-bond donors (Lipinski definition) is 1. The Morgan fingerprint density at radius 2 is 1.93 bits per heavy atom. The fourth-order valence-corrected chi connectivity index (χ4v) is 3.35. The summed E-state index contributed by atoms with van der Waals surface area (Å²) in [6.45, 7) is 0.125. The second kappa shape index (κ2) is 8.81. The van der Waals surface area contributed by atoms with Crippen molar-refractivity contribution >= 4 is 23.5 Å². The summed E-state index contributed by atoms with van der Waals surface area (Å²) in [6, 6.07) is 9.24. The van der Waals surface area contributed by atoms with Crippen molar-refractivity contribution in [2.75, 3.05) is 18.6 Å². The van der Waals surface area contributed by atoms with E-state index in [1.165, 1.54) is 12.0 Å². The number of methoxy groups -OCH3 is 1. The molecule has 3 rings (SSSR count). The first kappa shape index (κ1) is 20.4. The van der Waals surface area contributed by atoms with Crippen LogP contribution in [0.25, 0.3) is 0 Å². The molecule has 1 aliphatic heterocycles. The van der Waals surface area contributed by atoms with Crippen LogP contribution in [0.4, 0.5) is 14.5 Å². The van der Waals surface area contributed by atoms with E-state index in [0.717, 1.165) is 17.7 Å². The van der Waals surface area contributed by atoms with Gasteiger partial charge in [0, 0.05) is 31.1 Å². The van der Waals surface area contributed by atoms with Crippen molar-refractivity contribution in [2.45, 2.75) is 25.3 Å². The van der Waals surface area contributed by atoms with Crippen molar-refractivity contribution in [2.24, 2.45) is 0 Å². The topological polar surface area (TPSA) is 75.7 Å². The molecule has 0 saturated heterocycles. The van der Waals surface area contributed by atoms with Crippen LogP contribution in [0, 0.1) is 11.6 Å². The number of amides is 2. The first-order chi connectivity index (χ1) is 13.9. The van der Waals surface area contributed by atoms with Gasteiger partial charge in [-0.1, -0.05) is 18.2 Å². The van der Waals surface area contributed by atoms with Crippen molar-refractivity contribution in [3.8, 4) is 0 Å². The maximum absolute atomic E-state index is 13.6. The van der Waals surface area contributed by atoms with E-state index in [4.69, 9.17) is 4.74 Å². The third-order valence-electron chi connectivity index (χ3n) is 4.75. The fourth-order valence-electron chi connectivity index (χ4n) is 3.35. The zero-order valence-electron chi connectivity index (χ0n) is 15.8. The molecule has 0 bridgehead atoms. The Balaban J connectivity index is 1.58. The van der Waals surface area contributed by atoms with E-state index in [1.54, 1.807) is 12.1 Å². The molecule has 6 nitrogen and oxygen atoms in total. The molecular formula is C21H20F2N2O4. The maximum Gasteiger partial charge on any atom is 0.329 e. The van der Waals surface area contributed by atoms with Crippen LogP contribution in [0.15, 0.2) is 42.5 Å². The van der Waals surface area contributed by atoms with Crippen molar-refractivity contribution in [1.82, 2.24) is 5.32 Å². The molecule has 2 amide bonds. The minimum absolute atomic E-state index is 0.0774. The van der Waals surface area contributed by atoms with E-state index < -0.39 is 29.6 Å². The lowest BCUT2D eigenvalue weighted by Gasteiger charge is -2.23. The molecular weight excluding hydrogens is 382 g/mol. The van der Waals surface area contributed by atoms with Crippen LogP contribution in [0.1, 0.15) is 28.8 Å². The number of nitrogens with one attached hydrogen (secondary N) is 1. The summed E-state index contributed by atoms with van der Waals surface area (Å²) in [5.41, 5.74) is 1.29. The highest BCUT2D eigenvalue weighted by Gasteiger charge is 2.38. The van der Waals surface area contributed by atoms with Crippen LogP contribution in [0.5, 0.6) is 0 Å². The molecule has 0 aliphatic carbocycles. The lowest BCUT2D eigenvalue weighted by atomic mass is 10.1. The van der Waals surface area contributed by atoms with Crippen molar-refractivity contribution in [1.29, 1.82) is 0 Å². The Morgan fingerprint density at radius 1 is 1.17 bits per heavy atom. The second-order valence-electron chi connectivity index (χ2n) is 6.62. The van der Waals surface area contributed by atoms with Gasteiger partial charge in [-0.15, -0.1) is 0 Å². The predicted octanol–water partition coefficient (Wildman–Crippen LogP) is 2.61. The van der Waals surface area contributed by atoms with Crippen LogP contribution < -0.4 is 10.2 Å². The molecule has 8 heteroatoms. The number of hydrogen-bond acceptors (Lipinski definition) is 4. The normalized spacial score (nSPS) is 15.0. The fraction of sp³-hybridized carbons (Fsp3) is 0.286. The molecule has 1 N–H and O–H groups in total. The van der Waals surface area contributed by atoms with Gasteiger partial charge >= 0.3 is 5.97 Å². The van der Waals surface area contributed by atoms with E-state index in [1.807, 2.05) is 12.1 Å². The zero-order valence-corrected chi connectivity index (χ0v) is 15.8. The largest absolute Gasteiger partial charge is 0.467 e. The lowest BCUT2D eigenvalue weighted by Crippen LogP contribution is -2.43. The van der Waals surface area contributed by atoms with Gasteiger partial charge in [0.15, 0.2) is 0 Å². The van der Waals surface area contributed by atoms with Gasteiger partial charge in [0.2, 0.25) is 5.91 Å². The quantitative estimate of drug-likeness (QED) is 0.595. The second-order valence-corrected chi connectivity index (χ2v) is 6.62. The van der Waals surface area contributed by atoms with Crippen LogP contribution in [0.2, 0.25) is 0 Å². The number of fused-ring (bicyclic) bond motifs is 1. The standard InChI is InChI=1S/C21H20F2N2O4/c1-29-21(28)18-11-13-5-2-3-6-17(13)25(18)19(26)7-4-10-24-20(27)15-9-8-14(22)12-16(15)23/h2-3,5-6,8-9,12,18H,4,7,10-11H2,1H3,(H,24,27). The average molecular weight is 402 g/mol. The summed E-state index contributed by atoms with van der Waals surface area (Å²) in [4.78, 5) is 38.3. The smallest absolute Gasteiger partial charge is 0.329 e. The molecule has 0 fully saturated rings. The number of benzene rings is 2. The van der Waals surface area contributed by atoms with Gasteiger partial charge in [-0.05, 0) is 30.2 Å². The molecule has 1 atom stereocenters. The molecule has 0 saturated carbocycles. The molecule has 0 spiro atoms. The Kier molecular flexibility index (Phi) is 6.21. The molecule has 2 aromatic rings. The maximum atomic E-state index is 13.6. The van der Waals surface area contributed by atoms with Gasteiger partial charge in [0.05, 0.1) is 12.7 Å². The first-order valence-electron chi connectivity index (χ1n) is 9.13. The zero-order chi connectivity index (χ0) is 21.0. The summed E-state index contributed by atoms with van der Waals surface area (Å²) in [7, 11) is 1.28. The highest BCUT2D eigenvalue weighted by Crippen LogP contribution is 2.33. The number of esters is 1. The molecule has 1 unspecified atom stereocenters. The number of anilines is 1. The molecule has 29 heavy (non-hydrogen) atoms. The van der Waals surface area contributed by atoms with Crippen LogP contribution in [-0.2, 0) is 20.7 Å². The van der Waals surface area contributed by atoms with E-state index in [2.05, 4.69) is 5.32 Å². The minimum Gasteiger partial charge on any atom is -0.467 e. The highest BCUT2D eigenvalue weighted by molar-refractivity contribution is 6.02. The molecule has 0 radical (unpaired) electrons. The molecule has 152 valence electrons. The SMILES string of the molecule is COC(=O)C1Cc2ccccc2N1C(=O)CCCNC(=O)c1ccc(F)cc1F. The Hall–Kier alpha value is -3.29. The summed E-state index contributed by atoms with van der Waals surface area (Å²) >= 11 is 0. The number of para-hydroxylation sites is 1. The number of rotatable bonds is 6. The van der Waals surface area contributed by atoms with E-state index in [9.17, 15) is 23.2 Å². The monoisotopic (exact) mass is 402 g/mol. The molecule has 2 aromatic carbocycles. The molecule has 1 heterocycles. The van der Waals surface area contributed by atoms with E-state index >= 15 is 0 Å². The Bertz CT molecular complexity index is 948. The molecule has 0 aromatic heterocycles. The third kappa shape index (κ3) is 4.42. The van der Waals surface area contributed by atoms with Gasteiger partial charge in [0.1, 0.15) is 17.7 Å². The number of ether oxygens (including phenoxy) is 1. The van der Waals surface area contributed by atoms with E-state index in [-0.39, 0.29) is 24.4 Å². The average Bonchev–Trinajstić information content (AvgIpc) is 3.10. The summed E-state index contributed by atoms with van der Waals surface area (Å²) < 4.78 is 31.4. The van der Waals surface area contributed by atoms with Crippen LogP contribution in [-0.4, -0.2) is 37.5 Å². The van der Waals surface area contributed by atoms with Crippen LogP contribution in [0.3, 0.4) is 0 Å². The molecule has 1 aliphatic rings. The Labute approximate surface area is 166 Å². The highest BCUT2D eigenvalue weighted by atomic mass is 19.1. The van der Waals surface area contributed by atoms with Gasteiger partial charge in [-0.25, -0.2) is 13.6 Å². The van der Waals surface area contributed by atoms with Crippen molar-refractivity contribution in [3.05, 3.63) is 65.2 Å². The summed E-state index contributed by atoms with van der Waals surface area (Å²) in [5, 5.41) is 2.51.